The molecule has 1 aromatic carbocycles. The molecule has 1 aromatic heterocycles. The molecule has 0 bridgehead atoms. The molecule has 0 fully saturated rings. The summed E-state index contributed by atoms with van der Waals surface area (Å²) in [4.78, 5) is 13.9. The van der Waals surface area contributed by atoms with Crippen LogP contribution in [0.3, 0.4) is 0 Å². The van der Waals surface area contributed by atoms with Gasteiger partial charge in [-0.3, -0.25) is 4.79 Å². The molecule has 0 aliphatic rings. The molecule has 0 saturated heterocycles. The van der Waals surface area contributed by atoms with Crippen molar-refractivity contribution < 1.29 is 9.21 Å². The molecule has 1 heterocycles. The van der Waals surface area contributed by atoms with Gasteiger partial charge in [-0.15, -0.1) is 0 Å². The van der Waals surface area contributed by atoms with E-state index in [2.05, 4.69) is 0 Å². The number of furan rings is 1. The Bertz CT molecular complexity index is 548. The topological polar surface area (TPSA) is 59.5 Å². The van der Waals surface area contributed by atoms with Crippen molar-refractivity contribution in [2.75, 3.05) is 7.05 Å². The third kappa shape index (κ3) is 3.03. The van der Waals surface area contributed by atoms with Crippen LogP contribution in [0.1, 0.15) is 22.9 Å². The number of hydrogen-bond acceptors (Lipinski definition) is 3. The molecule has 0 spiro atoms. The molecule has 100 valence electrons. The van der Waals surface area contributed by atoms with Gasteiger partial charge in [-0.25, -0.2) is 0 Å². The van der Waals surface area contributed by atoms with E-state index in [1.54, 1.807) is 18.2 Å². The summed E-state index contributed by atoms with van der Waals surface area (Å²) >= 11 is 0. The third-order valence-electron chi connectivity index (χ3n) is 3.17. The van der Waals surface area contributed by atoms with Gasteiger partial charge in [0.25, 0.3) is 0 Å². The van der Waals surface area contributed by atoms with Crippen LogP contribution in [0.2, 0.25) is 0 Å². The summed E-state index contributed by atoms with van der Waals surface area (Å²) in [7, 11) is 1.75. The van der Waals surface area contributed by atoms with Gasteiger partial charge in [0.05, 0.1) is 6.26 Å². The van der Waals surface area contributed by atoms with Gasteiger partial charge in [0, 0.05) is 19.2 Å². The molecule has 0 saturated carbocycles. The Balaban J connectivity index is 2.05. The SMILES string of the molecule is Cc1occc1CN(C)C(=O)[C@H](N)c1ccccc1. The van der Waals surface area contributed by atoms with E-state index in [0.29, 0.717) is 6.54 Å². The highest BCUT2D eigenvalue weighted by Crippen LogP contribution is 2.16. The Morgan fingerprint density at radius 3 is 2.58 bits per heavy atom. The molecule has 0 aliphatic carbocycles. The largest absolute Gasteiger partial charge is 0.469 e. The fourth-order valence-electron chi connectivity index (χ4n) is 1.95. The van der Waals surface area contributed by atoms with Gasteiger partial charge in [0.2, 0.25) is 5.91 Å². The van der Waals surface area contributed by atoms with Gasteiger partial charge in [-0.05, 0) is 18.6 Å². The van der Waals surface area contributed by atoms with E-state index in [0.717, 1.165) is 16.9 Å². The van der Waals surface area contributed by atoms with Crippen LogP contribution in [0.4, 0.5) is 0 Å². The summed E-state index contributed by atoms with van der Waals surface area (Å²) in [6.45, 7) is 2.38. The van der Waals surface area contributed by atoms with E-state index in [-0.39, 0.29) is 5.91 Å². The monoisotopic (exact) mass is 258 g/mol. The zero-order valence-corrected chi connectivity index (χ0v) is 11.2. The van der Waals surface area contributed by atoms with Gasteiger partial charge < -0.3 is 15.1 Å². The quantitative estimate of drug-likeness (QED) is 0.915. The number of nitrogens with zero attached hydrogens (tertiary/aromatic N) is 1. The lowest BCUT2D eigenvalue weighted by Crippen LogP contribution is -2.35. The Hall–Kier alpha value is -2.07. The molecule has 2 N–H and O–H groups in total. The molecule has 0 radical (unpaired) electrons. The molecule has 4 nitrogen and oxygen atoms in total. The molecule has 2 rings (SSSR count). The summed E-state index contributed by atoms with van der Waals surface area (Å²) in [5.41, 5.74) is 7.81. The van der Waals surface area contributed by atoms with Gasteiger partial charge in [-0.2, -0.15) is 0 Å². The first-order chi connectivity index (χ1) is 9.09. The van der Waals surface area contributed by atoms with E-state index in [1.807, 2.05) is 43.3 Å². The smallest absolute Gasteiger partial charge is 0.244 e. The standard InChI is InChI=1S/C15H18N2O2/c1-11-13(8-9-19-11)10-17(2)15(18)14(16)12-6-4-3-5-7-12/h3-9,14H,10,16H2,1-2H3/t14-/m1/s1. The first-order valence-electron chi connectivity index (χ1n) is 6.18. The van der Waals surface area contributed by atoms with Crippen LogP contribution in [0.25, 0.3) is 0 Å². The zero-order valence-electron chi connectivity index (χ0n) is 11.2. The summed E-state index contributed by atoms with van der Waals surface area (Å²) in [5.74, 6) is 0.722. The molecule has 19 heavy (non-hydrogen) atoms. The fraction of sp³-hybridized carbons (Fsp3) is 0.267. The molecule has 1 atom stereocenters. The number of aryl methyl sites for hydroxylation is 1. The van der Waals surface area contributed by atoms with Crippen LogP contribution in [0.15, 0.2) is 47.1 Å². The molecular formula is C15H18N2O2. The predicted octanol–water partition coefficient (Wildman–Crippen LogP) is 2.25. The van der Waals surface area contributed by atoms with Crippen molar-refractivity contribution in [3.05, 3.63) is 59.5 Å². The second kappa shape index (κ2) is 5.71. The van der Waals surface area contributed by atoms with Crippen LogP contribution in [-0.4, -0.2) is 17.9 Å². The number of hydrogen-bond donors (Lipinski definition) is 1. The van der Waals surface area contributed by atoms with Crippen LogP contribution < -0.4 is 5.73 Å². The van der Waals surface area contributed by atoms with Crippen molar-refractivity contribution >= 4 is 5.91 Å². The van der Waals surface area contributed by atoms with Crippen molar-refractivity contribution in [1.82, 2.24) is 4.90 Å². The van der Waals surface area contributed by atoms with Crippen molar-refractivity contribution in [3.63, 3.8) is 0 Å². The number of benzene rings is 1. The van der Waals surface area contributed by atoms with Crippen LogP contribution in [0, 0.1) is 6.92 Å². The third-order valence-corrected chi connectivity index (χ3v) is 3.17. The molecule has 4 heteroatoms. The van der Waals surface area contributed by atoms with Gasteiger partial charge in [0.1, 0.15) is 11.8 Å². The van der Waals surface area contributed by atoms with Gasteiger partial charge in [-0.1, -0.05) is 30.3 Å². The maximum Gasteiger partial charge on any atom is 0.244 e. The highest BCUT2D eigenvalue weighted by atomic mass is 16.3. The minimum absolute atomic E-state index is 0.105. The molecule has 1 amide bonds. The first-order valence-corrected chi connectivity index (χ1v) is 6.18. The number of likely N-dealkylation sites (N-methyl/N-ethyl adjacent to an activating group) is 1. The van der Waals surface area contributed by atoms with Crippen molar-refractivity contribution in [2.45, 2.75) is 19.5 Å². The van der Waals surface area contributed by atoms with E-state index in [1.165, 1.54) is 0 Å². The summed E-state index contributed by atoms with van der Waals surface area (Å²) in [5, 5.41) is 0. The number of rotatable bonds is 4. The maximum atomic E-state index is 12.3. The van der Waals surface area contributed by atoms with Crippen LogP contribution in [-0.2, 0) is 11.3 Å². The lowest BCUT2D eigenvalue weighted by Gasteiger charge is -2.21. The van der Waals surface area contributed by atoms with E-state index < -0.39 is 6.04 Å². The van der Waals surface area contributed by atoms with E-state index in [4.69, 9.17) is 10.2 Å². The highest BCUT2D eigenvalue weighted by Gasteiger charge is 2.20. The van der Waals surface area contributed by atoms with Crippen molar-refractivity contribution in [1.29, 1.82) is 0 Å². The maximum absolute atomic E-state index is 12.3. The van der Waals surface area contributed by atoms with Crippen molar-refractivity contribution in [2.24, 2.45) is 5.73 Å². The number of amides is 1. The average molecular weight is 258 g/mol. The minimum atomic E-state index is -0.626. The first kappa shape index (κ1) is 13.4. The van der Waals surface area contributed by atoms with Crippen LogP contribution >= 0.6 is 0 Å². The Labute approximate surface area is 112 Å². The Morgan fingerprint density at radius 2 is 2.00 bits per heavy atom. The Kier molecular flexibility index (Phi) is 4.02. The summed E-state index contributed by atoms with van der Waals surface area (Å²) < 4.78 is 5.22. The molecule has 0 unspecified atom stereocenters. The summed E-state index contributed by atoms with van der Waals surface area (Å²) in [6.07, 6.45) is 1.63. The summed E-state index contributed by atoms with van der Waals surface area (Å²) in [6, 6.07) is 10.6. The fourth-order valence-corrected chi connectivity index (χ4v) is 1.95. The van der Waals surface area contributed by atoms with Crippen LogP contribution in [0.5, 0.6) is 0 Å². The second-order valence-electron chi connectivity index (χ2n) is 4.58. The minimum Gasteiger partial charge on any atom is -0.469 e. The average Bonchev–Trinajstić information content (AvgIpc) is 2.83. The normalized spacial score (nSPS) is 12.2. The number of nitrogens with two attached hydrogens (primary N) is 1. The van der Waals surface area contributed by atoms with Gasteiger partial charge >= 0.3 is 0 Å². The lowest BCUT2D eigenvalue weighted by atomic mass is 10.1. The lowest BCUT2D eigenvalue weighted by molar-refractivity contribution is -0.131. The number of carbonyl (C=O) groups excluding carboxylic acids is 1. The second-order valence-corrected chi connectivity index (χ2v) is 4.58. The molecular weight excluding hydrogens is 240 g/mol. The zero-order chi connectivity index (χ0) is 13.8. The van der Waals surface area contributed by atoms with Gasteiger partial charge in [0.15, 0.2) is 0 Å². The number of carbonyl (C=O) groups is 1. The molecule has 0 aliphatic heterocycles. The predicted molar refractivity (Wildman–Crippen MR) is 73.3 cm³/mol. The van der Waals surface area contributed by atoms with E-state index >= 15 is 0 Å². The van der Waals surface area contributed by atoms with Crippen molar-refractivity contribution in [3.8, 4) is 0 Å². The highest BCUT2D eigenvalue weighted by molar-refractivity contribution is 5.82. The van der Waals surface area contributed by atoms with E-state index in [9.17, 15) is 4.79 Å². The molecule has 2 aromatic rings. The Morgan fingerprint density at radius 1 is 1.32 bits per heavy atom.